The summed E-state index contributed by atoms with van der Waals surface area (Å²) in [7, 11) is 0. The van der Waals surface area contributed by atoms with Gasteiger partial charge in [-0.1, -0.05) is 13.8 Å². The number of likely N-dealkylation sites (tertiary alicyclic amines) is 1. The van der Waals surface area contributed by atoms with Crippen molar-refractivity contribution in [2.75, 3.05) is 13.1 Å². The lowest BCUT2D eigenvalue weighted by Gasteiger charge is -2.36. The molecule has 1 saturated carbocycles. The van der Waals surface area contributed by atoms with Crippen LogP contribution in [0.3, 0.4) is 0 Å². The van der Waals surface area contributed by atoms with Gasteiger partial charge in [-0.05, 0) is 44.9 Å². The standard InChI is InChI=1S/C20H30N4O2/c1-19(2)10-15(19)18(26)23-9-7-13(20(23,3)4)11-21-17(25)14-12-22-24-8-5-6-16(14)24/h12-13,15H,5-11H2,1-4H3,(H,21,25)/t13?,15-/m1/s1. The highest BCUT2D eigenvalue weighted by molar-refractivity contribution is 5.95. The Labute approximate surface area is 155 Å². The molecule has 6 nitrogen and oxygen atoms in total. The van der Waals surface area contributed by atoms with Crippen molar-refractivity contribution in [1.29, 1.82) is 0 Å². The molecule has 1 N–H and O–H groups in total. The number of carbonyl (C=O) groups is 2. The minimum atomic E-state index is -0.218. The molecule has 3 aliphatic rings. The molecule has 1 aliphatic carbocycles. The molecule has 1 unspecified atom stereocenters. The van der Waals surface area contributed by atoms with Crippen molar-refractivity contribution in [3.63, 3.8) is 0 Å². The van der Waals surface area contributed by atoms with Gasteiger partial charge >= 0.3 is 0 Å². The molecule has 2 aliphatic heterocycles. The highest BCUT2D eigenvalue weighted by atomic mass is 16.2. The number of rotatable bonds is 4. The van der Waals surface area contributed by atoms with Crippen LogP contribution in [0, 0.1) is 17.3 Å². The minimum absolute atomic E-state index is 0.0305. The lowest BCUT2D eigenvalue weighted by molar-refractivity contribution is -0.137. The summed E-state index contributed by atoms with van der Waals surface area (Å²) in [6.45, 7) is 10.9. The van der Waals surface area contributed by atoms with Crippen molar-refractivity contribution in [2.24, 2.45) is 17.3 Å². The van der Waals surface area contributed by atoms with Crippen LogP contribution in [-0.2, 0) is 17.8 Å². The zero-order chi connectivity index (χ0) is 18.7. The van der Waals surface area contributed by atoms with E-state index in [0.29, 0.717) is 18.0 Å². The highest BCUT2D eigenvalue weighted by Gasteiger charge is 2.55. The molecule has 2 fully saturated rings. The van der Waals surface area contributed by atoms with Crippen LogP contribution in [0.4, 0.5) is 0 Å². The molecular weight excluding hydrogens is 328 g/mol. The number of hydrogen-bond acceptors (Lipinski definition) is 3. The zero-order valence-corrected chi connectivity index (χ0v) is 16.3. The Hall–Kier alpha value is -1.85. The first kappa shape index (κ1) is 17.6. The maximum absolute atomic E-state index is 12.9. The Morgan fingerprint density at radius 3 is 2.69 bits per heavy atom. The monoisotopic (exact) mass is 358 g/mol. The van der Waals surface area contributed by atoms with Gasteiger partial charge in [-0.15, -0.1) is 0 Å². The van der Waals surface area contributed by atoms with Crippen molar-refractivity contribution >= 4 is 11.8 Å². The molecule has 0 spiro atoms. The van der Waals surface area contributed by atoms with Crippen LogP contribution in [0.25, 0.3) is 0 Å². The maximum atomic E-state index is 12.9. The van der Waals surface area contributed by atoms with Crippen molar-refractivity contribution < 1.29 is 9.59 Å². The van der Waals surface area contributed by atoms with E-state index in [1.165, 1.54) is 0 Å². The van der Waals surface area contributed by atoms with Gasteiger partial charge in [-0.25, -0.2) is 0 Å². The first-order valence-electron chi connectivity index (χ1n) is 9.86. The lowest BCUT2D eigenvalue weighted by atomic mass is 9.88. The lowest BCUT2D eigenvalue weighted by Crippen LogP contribution is -2.49. The number of nitrogens with one attached hydrogen (secondary N) is 1. The summed E-state index contributed by atoms with van der Waals surface area (Å²) in [5.41, 5.74) is 1.71. The molecule has 0 bridgehead atoms. The quantitative estimate of drug-likeness (QED) is 0.897. The van der Waals surface area contributed by atoms with Gasteiger partial charge in [0.1, 0.15) is 0 Å². The Bertz CT molecular complexity index is 749. The minimum Gasteiger partial charge on any atom is -0.352 e. The number of hydrogen-bond donors (Lipinski definition) is 1. The Morgan fingerprint density at radius 1 is 1.27 bits per heavy atom. The third kappa shape index (κ3) is 2.74. The van der Waals surface area contributed by atoms with Crippen LogP contribution in [0.2, 0.25) is 0 Å². The molecule has 4 rings (SSSR count). The van der Waals surface area contributed by atoms with E-state index in [2.05, 4.69) is 43.0 Å². The predicted molar refractivity (Wildman–Crippen MR) is 98.7 cm³/mol. The summed E-state index contributed by atoms with van der Waals surface area (Å²) in [5, 5.41) is 7.41. The summed E-state index contributed by atoms with van der Waals surface area (Å²) in [6, 6.07) is 0. The Balaban J connectivity index is 1.38. The smallest absolute Gasteiger partial charge is 0.254 e. The fourth-order valence-corrected chi connectivity index (χ4v) is 4.73. The third-order valence-electron chi connectivity index (χ3n) is 6.96. The Morgan fingerprint density at radius 2 is 2.00 bits per heavy atom. The van der Waals surface area contributed by atoms with E-state index >= 15 is 0 Å². The first-order chi connectivity index (χ1) is 12.2. The molecule has 1 aromatic rings. The third-order valence-corrected chi connectivity index (χ3v) is 6.96. The van der Waals surface area contributed by atoms with Gasteiger partial charge in [-0.2, -0.15) is 5.10 Å². The number of aromatic nitrogens is 2. The summed E-state index contributed by atoms with van der Waals surface area (Å²) >= 11 is 0. The fourth-order valence-electron chi connectivity index (χ4n) is 4.73. The molecule has 1 saturated heterocycles. The van der Waals surface area contributed by atoms with Crippen LogP contribution in [-0.4, -0.2) is 45.1 Å². The van der Waals surface area contributed by atoms with E-state index in [0.717, 1.165) is 44.5 Å². The molecule has 1 aromatic heterocycles. The normalized spacial score (nSPS) is 28.1. The second kappa shape index (κ2) is 5.83. The van der Waals surface area contributed by atoms with Crippen LogP contribution in [0.1, 0.15) is 63.0 Å². The van der Waals surface area contributed by atoms with E-state index < -0.39 is 0 Å². The molecule has 2 amide bonds. The highest BCUT2D eigenvalue weighted by Crippen LogP contribution is 2.53. The maximum Gasteiger partial charge on any atom is 0.254 e. The summed E-state index contributed by atoms with van der Waals surface area (Å²) in [4.78, 5) is 27.5. The fraction of sp³-hybridized carbons (Fsp3) is 0.750. The van der Waals surface area contributed by atoms with Gasteiger partial charge in [0.15, 0.2) is 0 Å². The molecule has 26 heavy (non-hydrogen) atoms. The first-order valence-corrected chi connectivity index (χ1v) is 9.86. The van der Waals surface area contributed by atoms with Crippen LogP contribution < -0.4 is 5.32 Å². The van der Waals surface area contributed by atoms with E-state index in [4.69, 9.17) is 0 Å². The molecule has 2 atom stereocenters. The van der Waals surface area contributed by atoms with E-state index in [1.807, 2.05) is 4.68 Å². The van der Waals surface area contributed by atoms with Gasteiger partial charge in [-0.3, -0.25) is 14.3 Å². The van der Waals surface area contributed by atoms with Gasteiger partial charge in [0, 0.05) is 37.0 Å². The van der Waals surface area contributed by atoms with Crippen molar-refractivity contribution in [3.05, 3.63) is 17.5 Å². The van der Waals surface area contributed by atoms with Crippen molar-refractivity contribution in [3.8, 4) is 0 Å². The van der Waals surface area contributed by atoms with Gasteiger partial charge in [0.25, 0.3) is 5.91 Å². The van der Waals surface area contributed by atoms with Crippen molar-refractivity contribution in [1.82, 2.24) is 20.0 Å². The average molecular weight is 358 g/mol. The second-order valence-electron chi connectivity index (χ2n) is 9.42. The number of amides is 2. The zero-order valence-electron chi connectivity index (χ0n) is 16.3. The molecule has 3 heterocycles. The van der Waals surface area contributed by atoms with E-state index in [1.54, 1.807) is 6.20 Å². The summed E-state index contributed by atoms with van der Waals surface area (Å²) in [5.74, 6) is 0.714. The number of aryl methyl sites for hydroxylation is 1. The predicted octanol–water partition coefficient (Wildman–Crippen LogP) is 2.23. The number of carbonyl (C=O) groups excluding carboxylic acids is 2. The summed E-state index contributed by atoms with van der Waals surface area (Å²) in [6.07, 6.45) is 5.62. The van der Waals surface area contributed by atoms with Crippen molar-refractivity contribution in [2.45, 2.75) is 65.5 Å². The molecule has 142 valence electrons. The van der Waals surface area contributed by atoms with Gasteiger partial charge in [0.2, 0.25) is 5.91 Å². The average Bonchev–Trinajstić information content (AvgIpc) is 2.94. The second-order valence-corrected chi connectivity index (χ2v) is 9.42. The van der Waals surface area contributed by atoms with E-state index in [-0.39, 0.29) is 28.7 Å². The topological polar surface area (TPSA) is 67.2 Å². The Kier molecular flexibility index (Phi) is 3.93. The SMILES string of the molecule is CC1(C)C[C@@H]1C(=O)N1CCC(CNC(=O)c2cnn3c2CCC3)C1(C)C. The largest absolute Gasteiger partial charge is 0.352 e. The number of fused-ring (bicyclic) bond motifs is 1. The summed E-state index contributed by atoms with van der Waals surface area (Å²) < 4.78 is 1.94. The molecular formula is C20H30N4O2. The van der Waals surface area contributed by atoms with Gasteiger partial charge in [0.05, 0.1) is 17.5 Å². The molecule has 0 radical (unpaired) electrons. The molecule has 0 aromatic carbocycles. The number of nitrogens with zero attached hydrogens (tertiary/aromatic N) is 3. The van der Waals surface area contributed by atoms with E-state index in [9.17, 15) is 9.59 Å². The van der Waals surface area contributed by atoms with Crippen LogP contribution >= 0.6 is 0 Å². The van der Waals surface area contributed by atoms with Crippen LogP contribution in [0.15, 0.2) is 6.20 Å². The van der Waals surface area contributed by atoms with Crippen LogP contribution in [0.5, 0.6) is 0 Å². The molecule has 6 heteroatoms. The van der Waals surface area contributed by atoms with Gasteiger partial charge < -0.3 is 10.2 Å².